The Bertz CT molecular complexity index is 250. The van der Waals surface area contributed by atoms with Crippen LogP contribution in [0.15, 0.2) is 0 Å². The van der Waals surface area contributed by atoms with E-state index >= 15 is 0 Å². The van der Waals surface area contributed by atoms with E-state index in [2.05, 4.69) is 27.1 Å². The van der Waals surface area contributed by atoms with Crippen molar-refractivity contribution < 1.29 is 4.74 Å². The number of piperazine rings is 1. The summed E-state index contributed by atoms with van der Waals surface area (Å²) in [5, 5.41) is 3.60. The molecule has 2 rings (SSSR count). The second-order valence-corrected chi connectivity index (χ2v) is 6.23. The van der Waals surface area contributed by atoms with E-state index in [0.29, 0.717) is 6.04 Å². The maximum absolute atomic E-state index is 5.26. The van der Waals surface area contributed by atoms with Crippen LogP contribution in [0.1, 0.15) is 12.8 Å². The first-order valence-corrected chi connectivity index (χ1v) is 8.13. The zero-order valence-corrected chi connectivity index (χ0v) is 13.3. The molecule has 5 heteroatoms. The van der Waals surface area contributed by atoms with E-state index in [-0.39, 0.29) is 0 Å². The highest BCUT2D eigenvalue weighted by Gasteiger charge is 2.19. The molecule has 1 N–H and O–H groups in total. The van der Waals surface area contributed by atoms with E-state index in [9.17, 15) is 0 Å². The number of nitrogens with zero attached hydrogens (tertiary/aromatic N) is 3. The lowest BCUT2D eigenvalue weighted by molar-refractivity contribution is 0.111. The fourth-order valence-electron chi connectivity index (χ4n) is 3.09. The molecule has 0 aliphatic carbocycles. The average molecular weight is 284 g/mol. The highest BCUT2D eigenvalue weighted by molar-refractivity contribution is 4.79. The molecule has 0 aromatic rings. The molecule has 0 radical (unpaired) electrons. The van der Waals surface area contributed by atoms with Crippen molar-refractivity contribution in [3.05, 3.63) is 0 Å². The van der Waals surface area contributed by atoms with Gasteiger partial charge in [0.1, 0.15) is 0 Å². The van der Waals surface area contributed by atoms with Gasteiger partial charge in [-0.1, -0.05) is 0 Å². The van der Waals surface area contributed by atoms with Gasteiger partial charge in [-0.3, -0.25) is 9.80 Å². The molecule has 0 spiro atoms. The van der Waals surface area contributed by atoms with E-state index in [1.807, 2.05) is 0 Å². The third-order valence-corrected chi connectivity index (χ3v) is 4.58. The zero-order chi connectivity index (χ0) is 14.2. The standard InChI is InChI=1S/C15H32N4O/c1-17-6-8-18(9-7-17)10-11-19(12-13-20-2)14-15-4-3-5-16-15/h15-16H,3-14H2,1-2H3. The van der Waals surface area contributed by atoms with Gasteiger partial charge in [-0.25, -0.2) is 0 Å². The monoisotopic (exact) mass is 284 g/mol. The summed E-state index contributed by atoms with van der Waals surface area (Å²) in [7, 11) is 4.01. The van der Waals surface area contributed by atoms with Crippen LogP contribution in [0.3, 0.4) is 0 Å². The third kappa shape index (κ3) is 5.66. The Morgan fingerprint density at radius 3 is 2.65 bits per heavy atom. The fourth-order valence-corrected chi connectivity index (χ4v) is 3.09. The molecule has 2 heterocycles. The SMILES string of the molecule is COCCN(CCN1CCN(C)CC1)CC1CCCN1. The predicted molar refractivity (Wildman–Crippen MR) is 83.3 cm³/mol. The molecule has 2 aliphatic heterocycles. The summed E-state index contributed by atoms with van der Waals surface area (Å²) >= 11 is 0. The Hall–Kier alpha value is -0.200. The van der Waals surface area contributed by atoms with Gasteiger partial charge in [-0.05, 0) is 26.4 Å². The summed E-state index contributed by atoms with van der Waals surface area (Å²) in [4.78, 5) is 7.59. The van der Waals surface area contributed by atoms with Crippen LogP contribution >= 0.6 is 0 Å². The second kappa shape index (κ2) is 8.95. The summed E-state index contributed by atoms with van der Waals surface area (Å²) in [5.74, 6) is 0. The predicted octanol–water partition coefficient (Wildman–Crippen LogP) is -0.0658. The van der Waals surface area contributed by atoms with Gasteiger partial charge in [0.2, 0.25) is 0 Å². The Labute approximate surface area is 124 Å². The second-order valence-electron chi connectivity index (χ2n) is 6.23. The fraction of sp³-hybridized carbons (Fsp3) is 1.00. The van der Waals surface area contributed by atoms with Gasteiger partial charge in [-0.15, -0.1) is 0 Å². The molecular weight excluding hydrogens is 252 g/mol. The molecule has 0 bridgehead atoms. The van der Waals surface area contributed by atoms with Crippen LogP contribution in [-0.2, 0) is 4.74 Å². The molecule has 0 aromatic heterocycles. The number of rotatable bonds is 8. The maximum Gasteiger partial charge on any atom is 0.0589 e. The van der Waals surface area contributed by atoms with Gasteiger partial charge in [-0.2, -0.15) is 0 Å². The van der Waals surface area contributed by atoms with Crippen molar-refractivity contribution in [2.24, 2.45) is 0 Å². The lowest BCUT2D eigenvalue weighted by Crippen LogP contribution is -2.48. The first-order valence-electron chi connectivity index (χ1n) is 8.13. The lowest BCUT2D eigenvalue weighted by Gasteiger charge is -2.34. The first-order chi connectivity index (χ1) is 9.78. The molecule has 0 saturated carbocycles. The van der Waals surface area contributed by atoms with Crippen LogP contribution in [0.5, 0.6) is 0 Å². The van der Waals surface area contributed by atoms with Crippen LogP contribution in [0.25, 0.3) is 0 Å². The van der Waals surface area contributed by atoms with Crippen molar-refractivity contribution in [3.63, 3.8) is 0 Å². The van der Waals surface area contributed by atoms with E-state index < -0.39 is 0 Å². The minimum atomic E-state index is 0.694. The van der Waals surface area contributed by atoms with Gasteiger partial charge in [0.15, 0.2) is 0 Å². The summed E-state index contributed by atoms with van der Waals surface area (Å²) < 4.78 is 5.26. The van der Waals surface area contributed by atoms with Crippen molar-refractivity contribution in [2.75, 3.05) is 79.7 Å². The van der Waals surface area contributed by atoms with E-state index in [0.717, 1.165) is 13.2 Å². The summed E-state index contributed by atoms with van der Waals surface area (Å²) in [6.07, 6.45) is 2.67. The molecule has 1 atom stereocenters. The molecule has 0 aromatic carbocycles. The van der Waals surface area contributed by atoms with Gasteiger partial charge in [0, 0.05) is 65.5 Å². The van der Waals surface area contributed by atoms with Crippen molar-refractivity contribution in [1.82, 2.24) is 20.0 Å². The quantitative estimate of drug-likeness (QED) is 0.674. The van der Waals surface area contributed by atoms with Gasteiger partial charge >= 0.3 is 0 Å². The van der Waals surface area contributed by atoms with E-state index in [1.165, 1.54) is 65.2 Å². The minimum Gasteiger partial charge on any atom is -0.383 e. The molecule has 20 heavy (non-hydrogen) atoms. The van der Waals surface area contributed by atoms with Crippen molar-refractivity contribution in [2.45, 2.75) is 18.9 Å². The van der Waals surface area contributed by atoms with Gasteiger partial charge in [0.05, 0.1) is 6.61 Å². The third-order valence-electron chi connectivity index (χ3n) is 4.58. The summed E-state index contributed by atoms with van der Waals surface area (Å²) in [5.41, 5.74) is 0. The highest BCUT2D eigenvalue weighted by atomic mass is 16.5. The molecule has 5 nitrogen and oxygen atoms in total. The normalized spacial score (nSPS) is 25.6. The van der Waals surface area contributed by atoms with Gasteiger partial charge < -0.3 is 15.0 Å². The molecule has 2 saturated heterocycles. The van der Waals surface area contributed by atoms with Crippen LogP contribution in [0.2, 0.25) is 0 Å². The number of nitrogens with one attached hydrogen (secondary N) is 1. The van der Waals surface area contributed by atoms with Crippen LogP contribution in [0, 0.1) is 0 Å². The number of hydrogen-bond acceptors (Lipinski definition) is 5. The average Bonchev–Trinajstić information content (AvgIpc) is 2.96. The molecule has 118 valence electrons. The van der Waals surface area contributed by atoms with Crippen molar-refractivity contribution in [1.29, 1.82) is 0 Å². The molecule has 0 amide bonds. The molecule has 2 aliphatic rings. The number of hydrogen-bond donors (Lipinski definition) is 1. The maximum atomic E-state index is 5.26. The first kappa shape index (κ1) is 16.2. The topological polar surface area (TPSA) is 31.0 Å². The summed E-state index contributed by atoms with van der Waals surface area (Å²) in [6.45, 7) is 11.5. The zero-order valence-electron chi connectivity index (χ0n) is 13.3. The van der Waals surface area contributed by atoms with E-state index in [4.69, 9.17) is 4.74 Å². The smallest absolute Gasteiger partial charge is 0.0589 e. The van der Waals surface area contributed by atoms with Crippen molar-refractivity contribution >= 4 is 0 Å². The number of likely N-dealkylation sites (N-methyl/N-ethyl adjacent to an activating group) is 1. The number of ether oxygens (including phenoxy) is 1. The van der Waals surface area contributed by atoms with Crippen LogP contribution < -0.4 is 5.32 Å². The van der Waals surface area contributed by atoms with Gasteiger partial charge in [0.25, 0.3) is 0 Å². The summed E-state index contributed by atoms with van der Waals surface area (Å²) in [6, 6.07) is 0.694. The largest absolute Gasteiger partial charge is 0.383 e. The molecule has 1 unspecified atom stereocenters. The van der Waals surface area contributed by atoms with Crippen molar-refractivity contribution in [3.8, 4) is 0 Å². The van der Waals surface area contributed by atoms with Crippen LogP contribution in [0.4, 0.5) is 0 Å². The van der Waals surface area contributed by atoms with E-state index in [1.54, 1.807) is 7.11 Å². The highest BCUT2D eigenvalue weighted by Crippen LogP contribution is 2.07. The van der Waals surface area contributed by atoms with Crippen LogP contribution in [-0.4, -0.2) is 100 Å². The minimum absolute atomic E-state index is 0.694. The molecule has 2 fully saturated rings. The molecular formula is C15H32N4O. The number of methoxy groups -OCH3 is 1. The Balaban J connectivity index is 1.68. The Morgan fingerprint density at radius 1 is 1.20 bits per heavy atom. The Kier molecular flexibility index (Phi) is 7.24. The Morgan fingerprint density at radius 2 is 2.00 bits per heavy atom. The lowest BCUT2D eigenvalue weighted by atomic mass is 10.2.